The maximum atomic E-state index is 12.5. The molecule has 0 aliphatic heterocycles. The standard InChI is InChI=1S/C20H20N2O/c23-20(12-15-13-21-18-10-4-3-9-17(15)18)22-19-11-5-7-14-6-1-2-8-16(14)19/h1-4,6,8-10,13,19,21H,5,7,11-12H2,(H,22,23)/t19-/m1/s1. The molecule has 3 nitrogen and oxygen atoms in total. The number of rotatable bonds is 3. The molecule has 1 aliphatic carbocycles. The topological polar surface area (TPSA) is 44.9 Å². The van der Waals surface area contributed by atoms with Crippen molar-refractivity contribution in [1.82, 2.24) is 10.3 Å². The third-order valence-corrected chi connectivity index (χ3v) is 4.73. The molecule has 116 valence electrons. The van der Waals surface area contributed by atoms with Crippen LogP contribution in [0.3, 0.4) is 0 Å². The van der Waals surface area contributed by atoms with Gasteiger partial charge in [0.15, 0.2) is 0 Å². The van der Waals surface area contributed by atoms with Crippen molar-refractivity contribution in [2.45, 2.75) is 31.7 Å². The summed E-state index contributed by atoms with van der Waals surface area (Å²) in [5.41, 5.74) is 4.79. The molecule has 4 rings (SSSR count). The molecule has 0 bridgehead atoms. The fraction of sp³-hybridized carbons (Fsp3) is 0.250. The first-order chi connectivity index (χ1) is 11.3. The van der Waals surface area contributed by atoms with Crippen LogP contribution in [0.5, 0.6) is 0 Å². The molecular weight excluding hydrogens is 284 g/mol. The molecule has 0 fully saturated rings. The Balaban J connectivity index is 1.51. The number of H-pyrrole nitrogens is 1. The second-order valence-electron chi connectivity index (χ2n) is 6.25. The lowest BCUT2D eigenvalue weighted by atomic mass is 9.87. The van der Waals surface area contributed by atoms with E-state index in [9.17, 15) is 4.79 Å². The predicted molar refractivity (Wildman–Crippen MR) is 92.3 cm³/mol. The van der Waals surface area contributed by atoms with Crippen molar-refractivity contribution in [2.24, 2.45) is 0 Å². The van der Waals surface area contributed by atoms with E-state index in [1.807, 2.05) is 24.4 Å². The van der Waals surface area contributed by atoms with Crippen molar-refractivity contribution in [3.05, 3.63) is 71.4 Å². The molecular formula is C20H20N2O. The molecule has 1 aliphatic rings. The molecule has 1 aromatic heterocycles. The van der Waals surface area contributed by atoms with Crippen molar-refractivity contribution < 1.29 is 4.79 Å². The van der Waals surface area contributed by atoms with Gasteiger partial charge in [-0.1, -0.05) is 42.5 Å². The van der Waals surface area contributed by atoms with E-state index in [1.165, 1.54) is 11.1 Å². The minimum atomic E-state index is 0.0939. The number of carbonyl (C=O) groups excluding carboxylic acids is 1. The van der Waals surface area contributed by atoms with E-state index in [2.05, 4.69) is 40.6 Å². The van der Waals surface area contributed by atoms with Crippen LogP contribution in [-0.4, -0.2) is 10.9 Å². The van der Waals surface area contributed by atoms with E-state index < -0.39 is 0 Å². The van der Waals surface area contributed by atoms with E-state index in [4.69, 9.17) is 0 Å². The second-order valence-corrected chi connectivity index (χ2v) is 6.25. The second kappa shape index (κ2) is 5.92. The number of para-hydroxylation sites is 1. The lowest BCUT2D eigenvalue weighted by Crippen LogP contribution is -2.32. The molecule has 3 aromatic rings. The summed E-state index contributed by atoms with van der Waals surface area (Å²) in [6.07, 6.45) is 5.64. The molecule has 1 heterocycles. The number of benzene rings is 2. The third kappa shape index (κ3) is 2.74. The Morgan fingerprint density at radius 2 is 1.96 bits per heavy atom. The fourth-order valence-electron chi connectivity index (χ4n) is 3.60. The average Bonchev–Trinajstić information content (AvgIpc) is 2.98. The van der Waals surface area contributed by atoms with Gasteiger partial charge in [0.1, 0.15) is 0 Å². The summed E-state index contributed by atoms with van der Waals surface area (Å²) >= 11 is 0. The highest BCUT2D eigenvalue weighted by atomic mass is 16.1. The number of aryl methyl sites for hydroxylation is 1. The van der Waals surface area contributed by atoms with E-state index >= 15 is 0 Å². The van der Waals surface area contributed by atoms with Crippen LogP contribution in [0.25, 0.3) is 10.9 Å². The number of aromatic nitrogens is 1. The Kier molecular flexibility index (Phi) is 3.62. The molecule has 0 unspecified atom stereocenters. The van der Waals surface area contributed by atoms with Gasteiger partial charge in [0.05, 0.1) is 12.5 Å². The van der Waals surface area contributed by atoms with E-state index in [0.717, 1.165) is 35.7 Å². The molecule has 3 heteroatoms. The van der Waals surface area contributed by atoms with Crippen LogP contribution in [0, 0.1) is 0 Å². The van der Waals surface area contributed by atoms with Gasteiger partial charge in [-0.15, -0.1) is 0 Å². The first kappa shape index (κ1) is 14.1. The van der Waals surface area contributed by atoms with Crippen LogP contribution in [0.2, 0.25) is 0 Å². The maximum absolute atomic E-state index is 12.5. The number of carbonyl (C=O) groups is 1. The van der Waals surface area contributed by atoms with Gasteiger partial charge < -0.3 is 10.3 Å². The summed E-state index contributed by atoms with van der Waals surface area (Å²) in [5, 5.41) is 4.36. The molecule has 0 saturated carbocycles. The van der Waals surface area contributed by atoms with Gasteiger partial charge in [-0.25, -0.2) is 0 Å². The van der Waals surface area contributed by atoms with Crippen molar-refractivity contribution >= 4 is 16.8 Å². The minimum Gasteiger partial charge on any atom is -0.361 e. The predicted octanol–water partition coefficient (Wildman–Crippen LogP) is 3.90. The largest absolute Gasteiger partial charge is 0.361 e. The summed E-state index contributed by atoms with van der Waals surface area (Å²) in [6.45, 7) is 0. The molecule has 23 heavy (non-hydrogen) atoms. The lowest BCUT2D eigenvalue weighted by Gasteiger charge is -2.26. The zero-order valence-corrected chi connectivity index (χ0v) is 13.0. The van der Waals surface area contributed by atoms with Crippen molar-refractivity contribution in [3.63, 3.8) is 0 Å². The van der Waals surface area contributed by atoms with Gasteiger partial charge in [-0.2, -0.15) is 0 Å². The first-order valence-electron chi connectivity index (χ1n) is 8.23. The first-order valence-corrected chi connectivity index (χ1v) is 8.23. The molecule has 0 spiro atoms. The Hall–Kier alpha value is -2.55. The third-order valence-electron chi connectivity index (χ3n) is 4.73. The van der Waals surface area contributed by atoms with Gasteiger partial charge in [0.2, 0.25) is 5.91 Å². The highest BCUT2D eigenvalue weighted by Gasteiger charge is 2.21. The van der Waals surface area contributed by atoms with Gasteiger partial charge in [0, 0.05) is 17.1 Å². The van der Waals surface area contributed by atoms with Crippen LogP contribution in [-0.2, 0) is 17.6 Å². The zero-order chi connectivity index (χ0) is 15.6. The smallest absolute Gasteiger partial charge is 0.224 e. The SMILES string of the molecule is O=C(Cc1c[nH]c2ccccc12)N[C@@H]1CCCc2ccccc21. The molecule has 0 radical (unpaired) electrons. The maximum Gasteiger partial charge on any atom is 0.224 e. The molecule has 1 amide bonds. The number of fused-ring (bicyclic) bond motifs is 2. The number of amides is 1. The Morgan fingerprint density at radius 3 is 2.91 bits per heavy atom. The van der Waals surface area contributed by atoms with Crippen LogP contribution in [0.1, 0.15) is 35.6 Å². The monoisotopic (exact) mass is 304 g/mol. The fourth-order valence-corrected chi connectivity index (χ4v) is 3.60. The highest BCUT2D eigenvalue weighted by molar-refractivity contribution is 5.89. The summed E-state index contributed by atoms with van der Waals surface area (Å²) in [5.74, 6) is 0.0939. The van der Waals surface area contributed by atoms with Crippen LogP contribution < -0.4 is 5.32 Å². The quantitative estimate of drug-likeness (QED) is 0.757. The number of hydrogen-bond donors (Lipinski definition) is 2. The van der Waals surface area contributed by atoms with Gasteiger partial charge >= 0.3 is 0 Å². The average molecular weight is 304 g/mol. The Bertz CT molecular complexity index is 849. The van der Waals surface area contributed by atoms with Gasteiger partial charge in [-0.3, -0.25) is 4.79 Å². The van der Waals surface area contributed by atoms with E-state index in [-0.39, 0.29) is 11.9 Å². The summed E-state index contributed by atoms with van der Waals surface area (Å²) < 4.78 is 0. The number of aromatic amines is 1. The molecule has 2 aromatic carbocycles. The van der Waals surface area contributed by atoms with Crippen LogP contribution in [0.4, 0.5) is 0 Å². The minimum absolute atomic E-state index is 0.0939. The summed E-state index contributed by atoms with van der Waals surface area (Å²) in [4.78, 5) is 15.7. The van der Waals surface area contributed by atoms with Crippen molar-refractivity contribution in [3.8, 4) is 0 Å². The van der Waals surface area contributed by atoms with E-state index in [0.29, 0.717) is 6.42 Å². The summed E-state index contributed by atoms with van der Waals surface area (Å²) in [6, 6.07) is 16.7. The number of hydrogen-bond acceptors (Lipinski definition) is 1. The van der Waals surface area contributed by atoms with Gasteiger partial charge in [0.25, 0.3) is 0 Å². The van der Waals surface area contributed by atoms with Crippen LogP contribution in [0.15, 0.2) is 54.7 Å². The summed E-state index contributed by atoms with van der Waals surface area (Å²) in [7, 11) is 0. The highest BCUT2D eigenvalue weighted by Crippen LogP contribution is 2.29. The molecule has 0 saturated heterocycles. The van der Waals surface area contributed by atoms with Crippen LogP contribution >= 0.6 is 0 Å². The number of nitrogens with one attached hydrogen (secondary N) is 2. The van der Waals surface area contributed by atoms with Gasteiger partial charge in [-0.05, 0) is 42.0 Å². The van der Waals surface area contributed by atoms with Crippen molar-refractivity contribution in [2.75, 3.05) is 0 Å². The molecule has 1 atom stereocenters. The lowest BCUT2D eigenvalue weighted by molar-refractivity contribution is -0.121. The zero-order valence-electron chi connectivity index (χ0n) is 13.0. The molecule has 2 N–H and O–H groups in total. The van der Waals surface area contributed by atoms with E-state index in [1.54, 1.807) is 0 Å². The van der Waals surface area contributed by atoms with Crippen molar-refractivity contribution in [1.29, 1.82) is 0 Å². The normalized spacial score (nSPS) is 17.0. The Morgan fingerprint density at radius 1 is 1.13 bits per heavy atom. The Labute approximate surface area is 135 Å².